The Morgan fingerprint density at radius 1 is 1.07 bits per heavy atom. The molecule has 1 aromatic carbocycles. The monoisotopic (exact) mass is 577 g/mol. The fourth-order valence-corrected chi connectivity index (χ4v) is 4.35. The number of ether oxygens (including phenoxy) is 1. The van der Waals surface area contributed by atoms with Gasteiger partial charge in [0.15, 0.2) is 0 Å². The zero-order valence-corrected chi connectivity index (χ0v) is 23.1. The Morgan fingerprint density at radius 2 is 1.78 bits per heavy atom. The summed E-state index contributed by atoms with van der Waals surface area (Å²) in [5, 5.41) is 4.85. The number of amides is 4. The fourth-order valence-electron chi connectivity index (χ4n) is 4.35. The first-order valence-corrected chi connectivity index (χ1v) is 13.1. The minimum atomic E-state index is -4.66. The Bertz CT molecular complexity index is 1190. The molecule has 1 aromatic heterocycles. The molecular weight excluding hydrogens is 543 g/mol. The number of pyridine rings is 1. The lowest BCUT2D eigenvalue weighted by Crippen LogP contribution is -2.61. The fraction of sp³-hybridized carbons (Fsp3) is 0.464. The van der Waals surface area contributed by atoms with Crippen molar-refractivity contribution >= 4 is 29.5 Å². The van der Waals surface area contributed by atoms with Crippen LogP contribution in [0.15, 0.2) is 54.9 Å². The largest absolute Gasteiger partial charge is 0.444 e. The second-order valence-corrected chi connectivity index (χ2v) is 10.7. The van der Waals surface area contributed by atoms with Gasteiger partial charge in [0.2, 0.25) is 17.7 Å². The molecule has 41 heavy (non-hydrogen) atoms. The molecule has 2 N–H and O–H groups in total. The molecule has 0 aliphatic carbocycles. The minimum Gasteiger partial charge on any atom is -0.444 e. The van der Waals surface area contributed by atoms with Crippen molar-refractivity contribution in [2.45, 2.75) is 57.3 Å². The number of rotatable bonds is 4. The summed E-state index contributed by atoms with van der Waals surface area (Å²) in [7, 11) is 0. The number of carbonyl (C=O) groups is 4. The molecule has 0 radical (unpaired) electrons. The first kappa shape index (κ1) is 31.5. The molecule has 0 saturated carbocycles. The van der Waals surface area contributed by atoms with E-state index in [9.17, 15) is 32.3 Å². The van der Waals surface area contributed by atoms with Crippen LogP contribution in [0.3, 0.4) is 0 Å². The molecule has 3 heterocycles. The molecule has 4 amide bonds. The van der Waals surface area contributed by atoms with E-state index < -0.39 is 54.7 Å². The van der Waals surface area contributed by atoms with Gasteiger partial charge in [-0.15, -0.1) is 0 Å². The summed E-state index contributed by atoms with van der Waals surface area (Å²) >= 11 is 0. The predicted octanol–water partition coefficient (Wildman–Crippen LogP) is 3.71. The van der Waals surface area contributed by atoms with E-state index in [4.69, 9.17) is 4.74 Å². The maximum Gasteiger partial charge on any atom is 0.410 e. The van der Waals surface area contributed by atoms with Crippen LogP contribution in [0.5, 0.6) is 0 Å². The third-order valence-electron chi connectivity index (χ3n) is 6.25. The van der Waals surface area contributed by atoms with Crippen LogP contribution in [0.1, 0.15) is 45.1 Å². The second-order valence-electron chi connectivity index (χ2n) is 10.7. The first-order valence-electron chi connectivity index (χ1n) is 13.1. The average molecular weight is 578 g/mol. The zero-order valence-electron chi connectivity index (χ0n) is 23.1. The van der Waals surface area contributed by atoms with Gasteiger partial charge in [-0.3, -0.25) is 29.6 Å². The molecule has 2 aliphatic heterocycles. The Kier molecular flexibility index (Phi) is 10.4. The Balaban J connectivity index is 0.000000681. The standard InChI is InChI=1S/C23H29F3N4O5.C5H5N/c1-22(2,3)35-21(34)30-10-9-29(17(12-30)23(24,25)26)13-19(32)27-15-6-4-5-14(11-15)16-7-8-18(31)28-20(16)33;1-2-4-6-5-3-1/h4-6,11,16-17H,7-10,12-13H2,1-3H3,(H,27,32)(H,28,31,33);1-5H/t16-,17-;/m1./s1. The van der Waals surface area contributed by atoms with Gasteiger partial charge in [-0.25, -0.2) is 4.79 Å². The lowest BCUT2D eigenvalue weighted by Gasteiger charge is -2.41. The molecule has 13 heteroatoms. The number of carbonyl (C=O) groups excluding carboxylic acids is 4. The number of aromatic nitrogens is 1. The van der Waals surface area contributed by atoms with E-state index in [-0.39, 0.29) is 25.4 Å². The van der Waals surface area contributed by atoms with Gasteiger partial charge < -0.3 is 15.0 Å². The highest BCUT2D eigenvalue weighted by Crippen LogP contribution is 2.29. The van der Waals surface area contributed by atoms with Crippen LogP contribution in [-0.4, -0.2) is 82.6 Å². The van der Waals surface area contributed by atoms with Gasteiger partial charge in [0.1, 0.15) is 11.6 Å². The number of hydrogen-bond acceptors (Lipinski definition) is 7. The molecule has 2 fully saturated rings. The summed E-state index contributed by atoms with van der Waals surface area (Å²) in [6.07, 6.45) is -1.47. The van der Waals surface area contributed by atoms with Gasteiger partial charge in [0, 0.05) is 44.1 Å². The van der Waals surface area contributed by atoms with Crippen molar-refractivity contribution in [2.75, 3.05) is 31.5 Å². The Hall–Kier alpha value is -4.00. The molecule has 10 nitrogen and oxygen atoms in total. The van der Waals surface area contributed by atoms with E-state index in [0.29, 0.717) is 17.7 Å². The highest BCUT2D eigenvalue weighted by Gasteiger charge is 2.48. The number of alkyl halides is 3. The van der Waals surface area contributed by atoms with Crippen LogP contribution in [0.4, 0.5) is 23.7 Å². The van der Waals surface area contributed by atoms with Crippen molar-refractivity contribution in [1.29, 1.82) is 0 Å². The van der Waals surface area contributed by atoms with Crippen LogP contribution in [-0.2, 0) is 19.1 Å². The number of imide groups is 1. The number of nitrogens with one attached hydrogen (secondary N) is 2. The number of nitrogens with zero attached hydrogens (tertiary/aromatic N) is 3. The Labute approximate surface area is 236 Å². The molecular formula is C28H34F3N5O5. The van der Waals surface area contributed by atoms with E-state index in [1.165, 1.54) is 0 Å². The van der Waals surface area contributed by atoms with Crippen molar-refractivity contribution < 1.29 is 37.1 Å². The van der Waals surface area contributed by atoms with Crippen LogP contribution in [0.2, 0.25) is 0 Å². The second kappa shape index (κ2) is 13.6. The smallest absolute Gasteiger partial charge is 0.410 e. The van der Waals surface area contributed by atoms with Gasteiger partial charge in [0.25, 0.3) is 0 Å². The molecule has 0 unspecified atom stereocenters. The Morgan fingerprint density at radius 3 is 2.34 bits per heavy atom. The molecule has 0 spiro atoms. The summed E-state index contributed by atoms with van der Waals surface area (Å²) < 4.78 is 46.4. The number of hydrogen-bond donors (Lipinski definition) is 2. The van der Waals surface area contributed by atoms with E-state index >= 15 is 0 Å². The normalized spacial score (nSPS) is 19.9. The minimum absolute atomic E-state index is 0.0141. The molecule has 222 valence electrons. The number of anilines is 1. The zero-order chi connectivity index (χ0) is 30.2. The molecule has 2 aliphatic rings. The average Bonchev–Trinajstić information content (AvgIpc) is 2.89. The van der Waals surface area contributed by atoms with Crippen molar-refractivity contribution in [3.63, 3.8) is 0 Å². The van der Waals surface area contributed by atoms with Gasteiger partial charge >= 0.3 is 12.3 Å². The molecule has 2 aromatic rings. The molecule has 2 atom stereocenters. The number of piperidine rings is 1. The van der Waals surface area contributed by atoms with Crippen molar-refractivity contribution in [3.8, 4) is 0 Å². The third kappa shape index (κ3) is 9.85. The van der Waals surface area contributed by atoms with E-state index in [1.54, 1.807) is 57.4 Å². The lowest BCUT2D eigenvalue weighted by molar-refractivity contribution is -0.195. The van der Waals surface area contributed by atoms with Crippen molar-refractivity contribution in [1.82, 2.24) is 20.1 Å². The third-order valence-corrected chi connectivity index (χ3v) is 6.25. The quantitative estimate of drug-likeness (QED) is 0.532. The van der Waals surface area contributed by atoms with Crippen molar-refractivity contribution in [2.24, 2.45) is 0 Å². The molecule has 0 bridgehead atoms. The van der Waals surface area contributed by atoms with Crippen LogP contribution >= 0.6 is 0 Å². The SMILES string of the molecule is CC(C)(C)OC(=O)N1CCN(CC(=O)Nc2cccc([C@H]3CCC(=O)NC3=O)c2)[C@@H](C(F)(F)F)C1.c1ccncc1. The highest BCUT2D eigenvalue weighted by molar-refractivity contribution is 6.01. The van der Waals surface area contributed by atoms with Crippen LogP contribution in [0.25, 0.3) is 0 Å². The van der Waals surface area contributed by atoms with Gasteiger partial charge in [-0.1, -0.05) is 18.2 Å². The maximum atomic E-state index is 13.8. The van der Waals surface area contributed by atoms with E-state index in [1.807, 2.05) is 18.2 Å². The molecule has 2 saturated heterocycles. The maximum absolute atomic E-state index is 13.8. The van der Waals surface area contributed by atoms with Gasteiger partial charge in [-0.05, 0) is 57.0 Å². The summed E-state index contributed by atoms with van der Waals surface area (Å²) in [4.78, 5) is 54.1. The summed E-state index contributed by atoms with van der Waals surface area (Å²) in [6.45, 7) is 3.53. The van der Waals surface area contributed by atoms with Crippen LogP contribution < -0.4 is 10.6 Å². The summed E-state index contributed by atoms with van der Waals surface area (Å²) in [5.74, 6) is -1.99. The molecule has 4 rings (SSSR count). The van der Waals surface area contributed by atoms with Gasteiger partial charge in [-0.2, -0.15) is 13.2 Å². The summed E-state index contributed by atoms with van der Waals surface area (Å²) in [6, 6.07) is 10.1. The summed E-state index contributed by atoms with van der Waals surface area (Å²) in [5.41, 5.74) is 0.0737. The number of halogens is 3. The van der Waals surface area contributed by atoms with E-state index in [0.717, 1.165) is 9.80 Å². The topological polar surface area (TPSA) is 121 Å². The van der Waals surface area contributed by atoms with E-state index in [2.05, 4.69) is 15.6 Å². The van der Waals surface area contributed by atoms with Crippen LogP contribution in [0, 0.1) is 0 Å². The number of benzene rings is 1. The lowest BCUT2D eigenvalue weighted by atomic mass is 9.90. The highest BCUT2D eigenvalue weighted by atomic mass is 19.4. The van der Waals surface area contributed by atoms with Crippen molar-refractivity contribution in [3.05, 3.63) is 60.4 Å². The predicted molar refractivity (Wildman–Crippen MR) is 144 cm³/mol. The first-order chi connectivity index (χ1) is 19.2. The number of piperazine rings is 1. The van der Waals surface area contributed by atoms with Gasteiger partial charge in [0.05, 0.1) is 12.5 Å².